The van der Waals surface area contributed by atoms with Crippen molar-refractivity contribution in [3.8, 4) is 0 Å². The van der Waals surface area contributed by atoms with Gasteiger partial charge in [-0.15, -0.1) is 0 Å². The van der Waals surface area contributed by atoms with Crippen molar-refractivity contribution < 1.29 is 22.3 Å². The van der Waals surface area contributed by atoms with Gasteiger partial charge in [-0.25, -0.2) is 22.7 Å². The Balaban J connectivity index is 2.21. The fourth-order valence-electron chi connectivity index (χ4n) is 1.67. The van der Waals surface area contributed by atoms with Gasteiger partial charge in [-0.05, 0) is 24.3 Å². The van der Waals surface area contributed by atoms with Gasteiger partial charge in [0.05, 0.1) is 10.5 Å². The molecule has 0 unspecified atom stereocenters. The fourth-order valence-corrected chi connectivity index (χ4v) is 2.40. The summed E-state index contributed by atoms with van der Waals surface area (Å²) in [6.07, 6.45) is 0. The Morgan fingerprint density at radius 1 is 1.23 bits per heavy atom. The summed E-state index contributed by atoms with van der Waals surface area (Å²) in [4.78, 5) is 11.5. The predicted octanol–water partition coefficient (Wildman–Crippen LogP) is 2.48. The summed E-state index contributed by atoms with van der Waals surface area (Å²) in [7, 11) is -4.04. The van der Waals surface area contributed by atoms with Crippen molar-refractivity contribution in [2.45, 2.75) is 11.5 Å². The van der Waals surface area contributed by atoms with E-state index in [-0.39, 0.29) is 11.5 Å². The molecule has 8 heteroatoms. The maximum atomic E-state index is 13.7. The highest BCUT2D eigenvalue weighted by molar-refractivity contribution is 7.89. The number of benzene rings is 2. The van der Waals surface area contributed by atoms with Gasteiger partial charge >= 0.3 is 5.97 Å². The van der Waals surface area contributed by atoms with Crippen LogP contribution in [0, 0.1) is 5.82 Å². The number of carbonyl (C=O) groups is 1. The zero-order valence-electron chi connectivity index (χ0n) is 11.1. The van der Waals surface area contributed by atoms with E-state index in [0.29, 0.717) is 10.6 Å². The molecular formula is C14H11ClFNO4S. The molecule has 116 valence electrons. The van der Waals surface area contributed by atoms with Crippen LogP contribution in [0.5, 0.6) is 0 Å². The fraction of sp³-hybridized carbons (Fsp3) is 0.0714. The van der Waals surface area contributed by atoms with Crippen LogP contribution in [0.25, 0.3) is 0 Å². The molecule has 0 aliphatic heterocycles. The highest BCUT2D eigenvalue weighted by Crippen LogP contribution is 2.18. The third-order valence-electron chi connectivity index (χ3n) is 2.80. The van der Waals surface area contributed by atoms with Gasteiger partial charge in [0.25, 0.3) is 0 Å². The minimum atomic E-state index is -4.04. The summed E-state index contributed by atoms with van der Waals surface area (Å²) in [5, 5.41) is 5.34. The van der Waals surface area contributed by atoms with Gasteiger partial charge in [0.15, 0.2) is 0 Å². The molecule has 0 aliphatic rings. The molecule has 0 amide bonds. The maximum Gasteiger partial charge on any atom is 0.341 e. The molecule has 0 saturated carbocycles. The van der Waals surface area contributed by atoms with Gasteiger partial charge in [0.1, 0.15) is 12.4 Å². The van der Waals surface area contributed by atoms with Crippen molar-refractivity contribution in [3.05, 3.63) is 64.4 Å². The minimum absolute atomic E-state index is 0.169. The molecule has 2 rings (SSSR count). The predicted molar refractivity (Wildman–Crippen MR) is 78.3 cm³/mol. The van der Waals surface area contributed by atoms with E-state index in [1.54, 1.807) is 24.3 Å². The molecule has 2 aromatic carbocycles. The van der Waals surface area contributed by atoms with Crippen LogP contribution in [0.4, 0.5) is 4.39 Å². The lowest BCUT2D eigenvalue weighted by molar-refractivity contribution is 0.0467. The van der Waals surface area contributed by atoms with Gasteiger partial charge < -0.3 is 4.74 Å². The van der Waals surface area contributed by atoms with Crippen LogP contribution in [0.2, 0.25) is 5.02 Å². The zero-order valence-corrected chi connectivity index (χ0v) is 12.7. The van der Waals surface area contributed by atoms with Crippen LogP contribution in [-0.4, -0.2) is 14.4 Å². The van der Waals surface area contributed by atoms with Gasteiger partial charge in [-0.2, -0.15) is 0 Å². The first-order valence-electron chi connectivity index (χ1n) is 6.02. The van der Waals surface area contributed by atoms with Gasteiger partial charge in [0.2, 0.25) is 10.0 Å². The second kappa shape index (κ2) is 6.43. The van der Waals surface area contributed by atoms with Gasteiger partial charge in [-0.3, -0.25) is 0 Å². The SMILES string of the molecule is NS(=O)(=O)c1ccc(F)c(C(=O)OCc2ccccc2Cl)c1. The maximum absolute atomic E-state index is 13.7. The molecule has 2 N–H and O–H groups in total. The van der Waals surface area contributed by atoms with Crippen molar-refractivity contribution in [1.29, 1.82) is 0 Å². The Kier molecular flexibility index (Phi) is 4.80. The number of halogens is 2. The summed E-state index contributed by atoms with van der Waals surface area (Å²) in [5.74, 6) is -1.92. The molecule has 0 atom stereocenters. The molecule has 0 fully saturated rings. The van der Waals surface area contributed by atoms with Crippen molar-refractivity contribution >= 4 is 27.6 Å². The highest BCUT2D eigenvalue weighted by atomic mass is 35.5. The van der Waals surface area contributed by atoms with E-state index >= 15 is 0 Å². The van der Waals surface area contributed by atoms with E-state index in [0.717, 1.165) is 18.2 Å². The van der Waals surface area contributed by atoms with Crippen LogP contribution in [0.1, 0.15) is 15.9 Å². The van der Waals surface area contributed by atoms with E-state index in [1.165, 1.54) is 0 Å². The van der Waals surface area contributed by atoms with E-state index in [2.05, 4.69) is 0 Å². The average Bonchev–Trinajstić information content (AvgIpc) is 2.45. The number of esters is 1. The molecule has 5 nitrogen and oxygen atoms in total. The molecule has 0 radical (unpaired) electrons. The molecule has 0 heterocycles. The number of carbonyl (C=O) groups excluding carboxylic acids is 1. The standard InChI is InChI=1S/C14H11ClFNO4S/c15-12-4-2-1-3-9(12)8-21-14(18)11-7-10(22(17,19)20)5-6-13(11)16/h1-7H,8H2,(H2,17,19,20). The Labute approximate surface area is 131 Å². The molecule has 0 saturated heterocycles. The second-order valence-electron chi connectivity index (χ2n) is 4.35. The third-order valence-corrected chi connectivity index (χ3v) is 4.08. The lowest BCUT2D eigenvalue weighted by Gasteiger charge is -2.08. The Morgan fingerprint density at radius 3 is 2.55 bits per heavy atom. The zero-order chi connectivity index (χ0) is 16.3. The Hall–Kier alpha value is -1.96. The van der Waals surface area contributed by atoms with Crippen LogP contribution in [0.15, 0.2) is 47.4 Å². The summed E-state index contributed by atoms with van der Waals surface area (Å²) in [6.45, 7) is -0.169. The summed E-state index contributed by atoms with van der Waals surface area (Å²) in [6, 6.07) is 9.32. The third kappa shape index (κ3) is 3.82. The first kappa shape index (κ1) is 16.4. The molecule has 0 bridgehead atoms. The van der Waals surface area contributed by atoms with Gasteiger partial charge in [0, 0.05) is 10.6 Å². The van der Waals surface area contributed by atoms with E-state index in [9.17, 15) is 17.6 Å². The van der Waals surface area contributed by atoms with Gasteiger partial charge in [-0.1, -0.05) is 29.8 Å². The Morgan fingerprint density at radius 2 is 1.91 bits per heavy atom. The molecule has 22 heavy (non-hydrogen) atoms. The molecule has 0 aromatic heterocycles. The molecular weight excluding hydrogens is 333 g/mol. The number of primary sulfonamides is 1. The summed E-state index contributed by atoms with van der Waals surface area (Å²) < 4.78 is 41.1. The molecule has 0 spiro atoms. The monoisotopic (exact) mass is 343 g/mol. The van der Waals surface area contributed by atoms with E-state index < -0.39 is 27.4 Å². The largest absolute Gasteiger partial charge is 0.457 e. The van der Waals surface area contributed by atoms with Crippen molar-refractivity contribution in [1.82, 2.24) is 0 Å². The van der Waals surface area contributed by atoms with E-state index in [1.807, 2.05) is 0 Å². The lowest BCUT2D eigenvalue weighted by atomic mass is 10.2. The first-order valence-corrected chi connectivity index (χ1v) is 7.94. The number of rotatable bonds is 4. The van der Waals surface area contributed by atoms with Crippen LogP contribution in [-0.2, 0) is 21.4 Å². The number of nitrogens with two attached hydrogens (primary N) is 1. The smallest absolute Gasteiger partial charge is 0.341 e. The summed E-state index contributed by atoms with van der Waals surface area (Å²) in [5.41, 5.74) is 0.0269. The first-order chi connectivity index (χ1) is 10.3. The van der Waals surface area contributed by atoms with Crippen molar-refractivity contribution in [2.75, 3.05) is 0 Å². The minimum Gasteiger partial charge on any atom is -0.457 e. The quantitative estimate of drug-likeness (QED) is 0.864. The number of ether oxygens (including phenoxy) is 1. The topological polar surface area (TPSA) is 86.5 Å². The summed E-state index contributed by atoms with van der Waals surface area (Å²) >= 11 is 5.91. The molecule has 2 aromatic rings. The highest BCUT2D eigenvalue weighted by Gasteiger charge is 2.18. The van der Waals surface area contributed by atoms with Crippen molar-refractivity contribution in [2.24, 2.45) is 5.14 Å². The molecule has 0 aliphatic carbocycles. The second-order valence-corrected chi connectivity index (χ2v) is 6.32. The van der Waals surface area contributed by atoms with E-state index in [4.69, 9.17) is 21.5 Å². The van der Waals surface area contributed by atoms with Crippen LogP contribution >= 0.6 is 11.6 Å². The van der Waals surface area contributed by atoms with Crippen molar-refractivity contribution in [3.63, 3.8) is 0 Å². The Bertz CT molecular complexity index is 823. The van der Waals surface area contributed by atoms with Crippen LogP contribution in [0.3, 0.4) is 0 Å². The average molecular weight is 344 g/mol. The number of sulfonamides is 1. The normalized spacial score (nSPS) is 11.2. The number of hydrogen-bond acceptors (Lipinski definition) is 4. The number of hydrogen-bond donors (Lipinski definition) is 1. The van der Waals surface area contributed by atoms with Crippen LogP contribution < -0.4 is 5.14 Å². The lowest BCUT2D eigenvalue weighted by Crippen LogP contribution is -2.14.